The van der Waals surface area contributed by atoms with Gasteiger partial charge in [-0.2, -0.15) is 0 Å². The predicted octanol–water partition coefficient (Wildman–Crippen LogP) is 6.36. The zero-order valence-electron chi connectivity index (χ0n) is 16.1. The molecule has 2 aromatic carbocycles. The van der Waals surface area contributed by atoms with E-state index in [0.717, 1.165) is 10.6 Å². The van der Waals surface area contributed by atoms with Gasteiger partial charge in [0.05, 0.1) is 17.3 Å². The van der Waals surface area contributed by atoms with E-state index in [2.05, 4.69) is 33.0 Å². The van der Waals surface area contributed by atoms with Crippen molar-refractivity contribution in [3.63, 3.8) is 0 Å². The molecule has 0 radical (unpaired) electrons. The third-order valence-electron chi connectivity index (χ3n) is 4.21. The van der Waals surface area contributed by atoms with Gasteiger partial charge in [0, 0.05) is 29.3 Å². The van der Waals surface area contributed by atoms with Crippen LogP contribution in [-0.4, -0.2) is 18.0 Å². The number of amides is 1. The molecule has 1 aromatic heterocycles. The average molecular weight is 475 g/mol. The molecule has 29 heavy (non-hydrogen) atoms. The van der Waals surface area contributed by atoms with Crippen molar-refractivity contribution in [2.45, 2.75) is 24.0 Å². The standard InChI is InChI=1S/C22H20BrFN2O2S/c1-3-22(27)26(19-12-18(24)17(23)11-20(19)28-2)21-10-9-16(13-25-21)29-14-15-7-5-4-6-8-15/h4-13H,3,14H2,1-2H3. The van der Waals surface area contributed by atoms with Crippen LogP contribution < -0.4 is 9.64 Å². The number of rotatable bonds is 7. The van der Waals surface area contributed by atoms with Crippen LogP contribution in [0.1, 0.15) is 18.9 Å². The van der Waals surface area contributed by atoms with Crippen LogP contribution in [-0.2, 0) is 10.5 Å². The molecule has 0 aliphatic rings. The molecule has 3 aromatic rings. The number of thioether (sulfide) groups is 1. The van der Waals surface area contributed by atoms with Crippen molar-refractivity contribution in [3.05, 3.63) is 76.6 Å². The number of carbonyl (C=O) groups excluding carboxylic acids is 1. The second-order valence-corrected chi connectivity index (χ2v) is 8.05. The highest BCUT2D eigenvalue weighted by molar-refractivity contribution is 9.10. The van der Waals surface area contributed by atoms with Crippen LogP contribution >= 0.6 is 27.7 Å². The number of carbonyl (C=O) groups is 1. The lowest BCUT2D eigenvalue weighted by Gasteiger charge is -2.24. The molecule has 0 saturated heterocycles. The summed E-state index contributed by atoms with van der Waals surface area (Å²) in [6.45, 7) is 1.75. The van der Waals surface area contributed by atoms with Gasteiger partial charge in [-0.25, -0.2) is 9.37 Å². The maximum atomic E-state index is 14.2. The first-order valence-corrected chi connectivity index (χ1v) is 10.8. The molecule has 0 aliphatic carbocycles. The van der Waals surface area contributed by atoms with Gasteiger partial charge in [0.25, 0.3) is 0 Å². The van der Waals surface area contributed by atoms with Gasteiger partial charge in [-0.3, -0.25) is 9.69 Å². The third-order valence-corrected chi connectivity index (χ3v) is 5.87. The summed E-state index contributed by atoms with van der Waals surface area (Å²) in [6, 6.07) is 16.6. The number of methoxy groups -OCH3 is 1. The number of hydrogen-bond donors (Lipinski definition) is 0. The lowest BCUT2D eigenvalue weighted by Crippen LogP contribution is -2.26. The number of ether oxygens (including phenoxy) is 1. The first-order valence-electron chi connectivity index (χ1n) is 9.02. The molecule has 0 N–H and O–H groups in total. The van der Waals surface area contributed by atoms with E-state index in [1.807, 2.05) is 24.3 Å². The second kappa shape index (κ2) is 9.89. The molecule has 0 aliphatic heterocycles. The van der Waals surface area contributed by atoms with Gasteiger partial charge in [-0.15, -0.1) is 11.8 Å². The minimum Gasteiger partial charge on any atom is -0.495 e. The molecule has 1 heterocycles. The van der Waals surface area contributed by atoms with Gasteiger partial charge in [-0.05, 0) is 39.7 Å². The highest BCUT2D eigenvalue weighted by Gasteiger charge is 2.23. The van der Waals surface area contributed by atoms with E-state index in [1.165, 1.54) is 29.7 Å². The maximum absolute atomic E-state index is 14.2. The highest BCUT2D eigenvalue weighted by Crippen LogP contribution is 2.37. The second-order valence-electron chi connectivity index (χ2n) is 6.15. The molecule has 3 rings (SSSR count). The van der Waals surface area contributed by atoms with Crippen molar-refractivity contribution < 1.29 is 13.9 Å². The minimum absolute atomic E-state index is 0.206. The quantitative estimate of drug-likeness (QED) is 0.373. The van der Waals surface area contributed by atoms with Crippen LogP contribution in [0.15, 0.2) is 70.2 Å². The van der Waals surface area contributed by atoms with E-state index in [4.69, 9.17) is 4.74 Å². The summed E-state index contributed by atoms with van der Waals surface area (Å²) < 4.78 is 19.8. The van der Waals surface area contributed by atoms with Gasteiger partial charge < -0.3 is 4.74 Å². The van der Waals surface area contributed by atoms with Gasteiger partial charge in [-0.1, -0.05) is 37.3 Å². The molecule has 0 unspecified atom stereocenters. The smallest absolute Gasteiger partial charge is 0.232 e. The summed E-state index contributed by atoms with van der Waals surface area (Å²) in [5, 5.41) is 0. The lowest BCUT2D eigenvalue weighted by atomic mass is 10.2. The number of aromatic nitrogens is 1. The first-order chi connectivity index (χ1) is 14.0. The van der Waals surface area contributed by atoms with E-state index < -0.39 is 5.82 Å². The molecule has 7 heteroatoms. The van der Waals surface area contributed by atoms with Crippen molar-refractivity contribution in [1.29, 1.82) is 0 Å². The largest absolute Gasteiger partial charge is 0.495 e. The van der Waals surface area contributed by atoms with E-state index in [0.29, 0.717) is 17.3 Å². The summed E-state index contributed by atoms with van der Waals surface area (Å²) in [5.41, 5.74) is 1.54. The Labute approximate surface area is 182 Å². The van der Waals surface area contributed by atoms with E-state index in [9.17, 15) is 9.18 Å². The molecule has 1 amide bonds. The Morgan fingerprint density at radius 2 is 1.97 bits per heavy atom. The van der Waals surface area contributed by atoms with E-state index in [1.54, 1.807) is 30.9 Å². The number of halogens is 2. The van der Waals surface area contributed by atoms with Crippen molar-refractivity contribution in [2.75, 3.05) is 12.0 Å². The summed E-state index contributed by atoms with van der Waals surface area (Å²) in [4.78, 5) is 19.5. The predicted molar refractivity (Wildman–Crippen MR) is 118 cm³/mol. The van der Waals surface area contributed by atoms with Crippen LogP contribution in [0, 0.1) is 5.82 Å². The van der Waals surface area contributed by atoms with Gasteiger partial charge in [0.1, 0.15) is 17.4 Å². The number of benzene rings is 2. The van der Waals surface area contributed by atoms with Crippen molar-refractivity contribution in [1.82, 2.24) is 4.98 Å². The molecule has 150 valence electrons. The molecular weight excluding hydrogens is 455 g/mol. The van der Waals surface area contributed by atoms with Crippen LogP contribution in [0.5, 0.6) is 5.75 Å². The van der Waals surface area contributed by atoms with Crippen LogP contribution in [0.3, 0.4) is 0 Å². The van der Waals surface area contributed by atoms with Crippen molar-refractivity contribution in [3.8, 4) is 5.75 Å². The van der Waals surface area contributed by atoms with Gasteiger partial charge >= 0.3 is 0 Å². The Morgan fingerprint density at radius 3 is 2.59 bits per heavy atom. The van der Waals surface area contributed by atoms with Gasteiger partial charge in [0.15, 0.2) is 0 Å². The SMILES string of the molecule is CCC(=O)N(c1ccc(SCc2ccccc2)cn1)c1cc(F)c(Br)cc1OC. The molecule has 0 spiro atoms. The fraction of sp³-hybridized carbons (Fsp3) is 0.182. The van der Waals surface area contributed by atoms with Gasteiger partial charge in [0.2, 0.25) is 5.91 Å². The summed E-state index contributed by atoms with van der Waals surface area (Å²) in [6.07, 6.45) is 1.97. The van der Waals surface area contributed by atoms with E-state index >= 15 is 0 Å². The first kappa shape index (κ1) is 21.3. The van der Waals surface area contributed by atoms with E-state index in [-0.39, 0.29) is 16.8 Å². The fourth-order valence-electron chi connectivity index (χ4n) is 2.73. The Morgan fingerprint density at radius 1 is 1.21 bits per heavy atom. The fourth-order valence-corrected chi connectivity index (χ4v) is 3.87. The topological polar surface area (TPSA) is 42.4 Å². The molecule has 4 nitrogen and oxygen atoms in total. The highest BCUT2D eigenvalue weighted by atomic mass is 79.9. The molecule has 0 saturated carbocycles. The molecule has 0 atom stereocenters. The van der Waals surface area contributed by atoms with Crippen molar-refractivity contribution in [2.24, 2.45) is 0 Å². The Bertz CT molecular complexity index is 984. The van der Waals surface area contributed by atoms with Crippen LogP contribution in [0.25, 0.3) is 0 Å². The molecule has 0 fully saturated rings. The van der Waals surface area contributed by atoms with Crippen LogP contribution in [0.4, 0.5) is 15.9 Å². The summed E-state index contributed by atoms with van der Waals surface area (Å²) >= 11 is 4.81. The summed E-state index contributed by atoms with van der Waals surface area (Å²) in [7, 11) is 1.48. The zero-order valence-corrected chi connectivity index (χ0v) is 18.5. The Kier molecular flexibility index (Phi) is 7.28. The third kappa shape index (κ3) is 5.16. The van der Waals surface area contributed by atoms with Crippen LogP contribution in [0.2, 0.25) is 0 Å². The monoisotopic (exact) mass is 474 g/mol. The summed E-state index contributed by atoms with van der Waals surface area (Å²) in [5.74, 6) is 0.933. The Hall–Kier alpha value is -2.38. The molecular formula is C22H20BrFN2O2S. The average Bonchev–Trinajstić information content (AvgIpc) is 2.76. The normalized spacial score (nSPS) is 10.6. The Balaban J connectivity index is 1.88. The zero-order chi connectivity index (χ0) is 20.8. The number of nitrogens with zero attached hydrogens (tertiary/aromatic N) is 2. The maximum Gasteiger partial charge on any atom is 0.232 e. The molecule has 0 bridgehead atoms. The number of hydrogen-bond acceptors (Lipinski definition) is 4. The lowest BCUT2D eigenvalue weighted by molar-refractivity contribution is -0.117. The number of anilines is 2. The minimum atomic E-state index is -0.482. The number of pyridine rings is 1. The van der Waals surface area contributed by atoms with Crippen molar-refractivity contribution >= 4 is 45.1 Å².